The average molecular weight is 185 g/mol. The molecule has 13 heavy (non-hydrogen) atoms. The number of aliphatic hydroxyl groups excluding tert-OH is 2. The van der Waals surface area contributed by atoms with Crippen LogP contribution in [0.2, 0.25) is 0 Å². The van der Waals surface area contributed by atoms with Crippen LogP contribution in [0.4, 0.5) is 0 Å². The predicted molar refractivity (Wildman–Crippen MR) is 50.4 cm³/mol. The van der Waals surface area contributed by atoms with Gasteiger partial charge in [-0.25, -0.2) is 0 Å². The first-order valence-corrected chi connectivity index (χ1v) is 5.21. The van der Waals surface area contributed by atoms with E-state index in [1.807, 2.05) is 0 Å². The molecule has 1 saturated carbocycles. The van der Waals surface area contributed by atoms with E-state index in [0.717, 1.165) is 25.9 Å². The number of nitrogens with one attached hydrogen (secondary N) is 1. The van der Waals surface area contributed by atoms with Crippen LogP contribution in [0.5, 0.6) is 0 Å². The summed E-state index contributed by atoms with van der Waals surface area (Å²) < 4.78 is 0. The Labute approximate surface area is 79.2 Å². The second-order valence-electron chi connectivity index (χ2n) is 4.69. The van der Waals surface area contributed by atoms with E-state index in [0.29, 0.717) is 0 Å². The van der Waals surface area contributed by atoms with E-state index >= 15 is 0 Å². The molecular weight excluding hydrogens is 166 g/mol. The molecule has 2 aliphatic rings. The van der Waals surface area contributed by atoms with Gasteiger partial charge in [-0.2, -0.15) is 0 Å². The van der Waals surface area contributed by atoms with Crippen LogP contribution >= 0.6 is 0 Å². The Balaban J connectivity index is 2.27. The van der Waals surface area contributed by atoms with E-state index in [1.165, 1.54) is 12.8 Å². The van der Waals surface area contributed by atoms with Crippen LogP contribution in [-0.4, -0.2) is 36.5 Å². The highest BCUT2D eigenvalue weighted by atomic mass is 16.3. The molecular formula is C10H19NO2. The normalized spacial score (nSPS) is 44.8. The minimum absolute atomic E-state index is 0.0278. The molecule has 1 aliphatic carbocycles. The van der Waals surface area contributed by atoms with Gasteiger partial charge in [0.05, 0.1) is 13.2 Å². The lowest BCUT2D eigenvalue weighted by Gasteiger charge is -2.46. The van der Waals surface area contributed by atoms with Gasteiger partial charge in [-0.3, -0.25) is 0 Å². The third-order valence-corrected chi connectivity index (χ3v) is 4.22. The second-order valence-corrected chi connectivity index (χ2v) is 4.69. The Kier molecular flexibility index (Phi) is 2.34. The zero-order valence-electron chi connectivity index (χ0n) is 8.05. The van der Waals surface area contributed by atoms with Crippen molar-refractivity contribution < 1.29 is 10.2 Å². The van der Waals surface area contributed by atoms with Crippen LogP contribution in [0.25, 0.3) is 0 Å². The lowest BCUT2D eigenvalue weighted by Crippen LogP contribution is -2.48. The van der Waals surface area contributed by atoms with Crippen LogP contribution in [-0.2, 0) is 0 Å². The number of rotatable bonds is 2. The third kappa shape index (κ3) is 1.14. The fourth-order valence-electron chi connectivity index (χ4n) is 3.16. The smallest absolute Gasteiger partial charge is 0.0506 e. The standard InChI is InChI=1S/C10H19NO2/c12-7-9-3-1-2-4-10(9,8-13)6-11-5-9/h11-13H,1-8H2/t9-,10+. The second kappa shape index (κ2) is 3.23. The zero-order valence-corrected chi connectivity index (χ0v) is 8.05. The molecule has 0 unspecified atom stereocenters. The van der Waals surface area contributed by atoms with Gasteiger partial charge in [0.25, 0.3) is 0 Å². The molecule has 2 fully saturated rings. The summed E-state index contributed by atoms with van der Waals surface area (Å²) >= 11 is 0. The van der Waals surface area contributed by atoms with Crippen molar-refractivity contribution >= 4 is 0 Å². The minimum atomic E-state index is -0.0278. The van der Waals surface area contributed by atoms with Gasteiger partial charge >= 0.3 is 0 Å². The topological polar surface area (TPSA) is 52.5 Å². The van der Waals surface area contributed by atoms with Gasteiger partial charge in [0.1, 0.15) is 0 Å². The van der Waals surface area contributed by atoms with E-state index in [4.69, 9.17) is 0 Å². The maximum absolute atomic E-state index is 9.50. The van der Waals surface area contributed by atoms with Crippen molar-refractivity contribution in [3.8, 4) is 0 Å². The Morgan fingerprint density at radius 2 is 1.38 bits per heavy atom. The highest BCUT2D eigenvalue weighted by Gasteiger charge is 2.54. The lowest BCUT2D eigenvalue weighted by atomic mass is 9.58. The molecule has 0 aromatic rings. The molecule has 0 bridgehead atoms. The average Bonchev–Trinajstić information content (AvgIpc) is 2.58. The van der Waals surface area contributed by atoms with Gasteiger partial charge in [-0.1, -0.05) is 12.8 Å². The first kappa shape index (κ1) is 9.44. The van der Waals surface area contributed by atoms with Crippen molar-refractivity contribution in [3.05, 3.63) is 0 Å². The molecule has 1 aliphatic heterocycles. The van der Waals surface area contributed by atoms with Crippen molar-refractivity contribution in [2.45, 2.75) is 25.7 Å². The molecule has 3 nitrogen and oxygen atoms in total. The summed E-state index contributed by atoms with van der Waals surface area (Å²) in [6.07, 6.45) is 4.53. The highest BCUT2D eigenvalue weighted by Crippen LogP contribution is 2.52. The Morgan fingerprint density at radius 3 is 1.77 bits per heavy atom. The van der Waals surface area contributed by atoms with Crippen molar-refractivity contribution in [2.75, 3.05) is 26.3 Å². The van der Waals surface area contributed by atoms with Gasteiger partial charge in [-0.15, -0.1) is 0 Å². The van der Waals surface area contributed by atoms with Gasteiger partial charge in [-0.05, 0) is 12.8 Å². The van der Waals surface area contributed by atoms with E-state index in [9.17, 15) is 10.2 Å². The number of fused-ring (bicyclic) bond motifs is 1. The SMILES string of the molecule is OC[C@@]12CCCC[C@]1(CO)CNC2. The summed E-state index contributed by atoms with van der Waals surface area (Å²) in [7, 11) is 0. The molecule has 2 rings (SSSR count). The summed E-state index contributed by atoms with van der Waals surface area (Å²) in [5.74, 6) is 0. The number of hydrogen-bond donors (Lipinski definition) is 3. The summed E-state index contributed by atoms with van der Waals surface area (Å²) in [4.78, 5) is 0. The molecule has 2 atom stereocenters. The van der Waals surface area contributed by atoms with E-state index in [1.54, 1.807) is 0 Å². The van der Waals surface area contributed by atoms with Crippen LogP contribution in [0.3, 0.4) is 0 Å². The molecule has 1 saturated heterocycles. The molecule has 3 heteroatoms. The van der Waals surface area contributed by atoms with Crippen LogP contribution < -0.4 is 5.32 Å². The molecule has 3 N–H and O–H groups in total. The highest BCUT2D eigenvalue weighted by molar-refractivity contribution is 5.07. The summed E-state index contributed by atoms with van der Waals surface area (Å²) in [5, 5.41) is 22.3. The first-order valence-electron chi connectivity index (χ1n) is 5.21. The Hall–Kier alpha value is -0.120. The third-order valence-electron chi connectivity index (χ3n) is 4.22. The molecule has 0 aromatic heterocycles. The number of aliphatic hydroxyl groups is 2. The lowest BCUT2D eigenvalue weighted by molar-refractivity contribution is -0.0490. The van der Waals surface area contributed by atoms with Gasteiger partial charge in [0.2, 0.25) is 0 Å². The van der Waals surface area contributed by atoms with Crippen molar-refractivity contribution in [2.24, 2.45) is 10.8 Å². The van der Waals surface area contributed by atoms with E-state index in [-0.39, 0.29) is 24.0 Å². The van der Waals surface area contributed by atoms with Crippen LogP contribution in [0.15, 0.2) is 0 Å². The quantitative estimate of drug-likeness (QED) is 0.573. The van der Waals surface area contributed by atoms with Gasteiger partial charge < -0.3 is 15.5 Å². The molecule has 1 heterocycles. The summed E-state index contributed by atoms with van der Waals surface area (Å²) in [6, 6.07) is 0. The molecule has 0 spiro atoms. The van der Waals surface area contributed by atoms with Crippen molar-refractivity contribution in [1.82, 2.24) is 5.32 Å². The van der Waals surface area contributed by atoms with Crippen LogP contribution in [0.1, 0.15) is 25.7 Å². The zero-order chi connectivity index (χ0) is 9.36. The van der Waals surface area contributed by atoms with Gasteiger partial charge in [0.15, 0.2) is 0 Å². The maximum atomic E-state index is 9.50. The summed E-state index contributed by atoms with van der Waals surface area (Å²) in [5.41, 5.74) is -0.0556. The largest absolute Gasteiger partial charge is 0.396 e. The van der Waals surface area contributed by atoms with E-state index < -0.39 is 0 Å². The Bertz CT molecular complexity index is 177. The first-order chi connectivity index (χ1) is 6.29. The van der Waals surface area contributed by atoms with Crippen molar-refractivity contribution in [1.29, 1.82) is 0 Å². The maximum Gasteiger partial charge on any atom is 0.0506 e. The fraction of sp³-hybridized carbons (Fsp3) is 1.00. The molecule has 0 aromatic carbocycles. The Morgan fingerprint density at radius 1 is 0.923 bits per heavy atom. The monoisotopic (exact) mass is 185 g/mol. The predicted octanol–water partition coefficient (Wildman–Crippen LogP) is 0.121. The molecule has 76 valence electrons. The van der Waals surface area contributed by atoms with E-state index in [2.05, 4.69) is 5.32 Å². The van der Waals surface area contributed by atoms with Crippen molar-refractivity contribution in [3.63, 3.8) is 0 Å². The molecule has 0 amide bonds. The summed E-state index contributed by atoms with van der Waals surface area (Å²) in [6.45, 7) is 2.20. The molecule has 0 radical (unpaired) electrons. The minimum Gasteiger partial charge on any atom is -0.396 e. The van der Waals surface area contributed by atoms with Gasteiger partial charge in [0, 0.05) is 23.9 Å². The fourth-order valence-corrected chi connectivity index (χ4v) is 3.16. The number of hydrogen-bond acceptors (Lipinski definition) is 3. The van der Waals surface area contributed by atoms with Crippen LogP contribution in [0, 0.1) is 10.8 Å².